The zero-order chi connectivity index (χ0) is 24.7. The van der Waals surface area contributed by atoms with E-state index in [1.165, 1.54) is 16.9 Å². The molecule has 1 spiro atoms. The van der Waals surface area contributed by atoms with Gasteiger partial charge in [0.15, 0.2) is 0 Å². The first-order valence-electron chi connectivity index (χ1n) is 12.4. The van der Waals surface area contributed by atoms with Crippen LogP contribution in [0.2, 0.25) is 0 Å². The lowest BCUT2D eigenvalue weighted by Crippen LogP contribution is -2.54. The van der Waals surface area contributed by atoms with E-state index in [4.69, 9.17) is 4.74 Å². The van der Waals surface area contributed by atoms with E-state index in [0.717, 1.165) is 24.3 Å². The molecule has 2 aliphatic rings. The lowest BCUT2D eigenvalue weighted by Gasteiger charge is -2.41. The number of rotatable bonds is 3. The van der Waals surface area contributed by atoms with Crippen molar-refractivity contribution < 1.29 is 19.1 Å². The standard InChI is InChI=1S/C26H34N4O4S/c1-19-23(31)27-12-16-34-15-6-5-9-26(25(33)28-19)10-13-30(14-11-26)24(32)21-18-35-22(29-21)17-20-7-3-2-4-8-20/h2-4,7-8,18-19H,5-6,9-17H2,1H3,(H,27,31)(H,28,33)/t19-/m0/s1. The van der Waals surface area contributed by atoms with Gasteiger partial charge in [-0.2, -0.15) is 0 Å². The molecule has 2 aromatic rings. The maximum Gasteiger partial charge on any atom is 0.273 e. The van der Waals surface area contributed by atoms with Crippen LogP contribution in [0.5, 0.6) is 0 Å². The minimum absolute atomic E-state index is 0.0818. The largest absolute Gasteiger partial charge is 0.380 e. The van der Waals surface area contributed by atoms with Gasteiger partial charge in [0.1, 0.15) is 11.7 Å². The van der Waals surface area contributed by atoms with Crippen molar-refractivity contribution in [3.63, 3.8) is 0 Å². The summed E-state index contributed by atoms with van der Waals surface area (Å²) in [5, 5.41) is 8.47. The Bertz CT molecular complexity index is 1020. The van der Waals surface area contributed by atoms with Crippen LogP contribution in [0.1, 0.15) is 60.1 Å². The first-order valence-corrected chi connectivity index (χ1v) is 13.3. The number of thiazole rings is 1. The maximum absolute atomic E-state index is 13.3. The Morgan fingerprint density at radius 2 is 1.91 bits per heavy atom. The molecule has 3 heterocycles. The summed E-state index contributed by atoms with van der Waals surface area (Å²) in [6.45, 7) is 4.21. The van der Waals surface area contributed by atoms with Gasteiger partial charge >= 0.3 is 0 Å². The van der Waals surface area contributed by atoms with Gasteiger partial charge in [-0.1, -0.05) is 36.8 Å². The highest BCUT2D eigenvalue weighted by molar-refractivity contribution is 7.09. The monoisotopic (exact) mass is 498 g/mol. The third-order valence-corrected chi connectivity index (χ3v) is 7.79. The Hall–Kier alpha value is -2.78. The van der Waals surface area contributed by atoms with Gasteiger partial charge < -0.3 is 20.3 Å². The molecule has 35 heavy (non-hydrogen) atoms. The quantitative estimate of drug-likeness (QED) is 0.678. The zero-order valence-electron chi connectivity index (χ0n) is 20.3. The number of hydrogen-bond donors (Lipinski definition) is 2. The molecule has 2 N–H and O–H groups in total. The van der Waals surface area contributed by atoms with Gasteiger partial charge in [0, 0.05) is 38.0 Å². The summed E-state index contributed by atoms with van der Waals surface area (Å²) < 4.78 is 5.59. The van der Waals surface area contributed by atoms with E-state index in [-0.39, 0.29) is 17.7 Å². The van der Waals surface area contributed by atoms with Crippen LogP contribution in [0.25, 0.3) is 0 Å². The van der Waals surface area contributed by atoms with Crippen molar-refractivity contribution in [2.24, 2.45) is 5.41 Å². The van der Waals surface area contributed by atoms with Crippen LogP contribution < -0.4 is 10.6 Å². The van der Waals surface area contributed by atoms with Crippen LogP contribution in [0.15, 0.2) is 35.7 Å². The smallest absolute Gasteiger partial charge is 0.273 e. The Labute approximate surface area is 210 Å². The molecule has 2 fully saturated rings. The van der Waals surface area contributed by atoms with Crippen LogP contribution in [-0.2, 0) is 20.7 Å². The molecule has 188 valence electrons. The number of carbonyl (C=O) groups excluding carboxylic acids is 3. The number of piperidine rings is 1. The molecule has 0 radical (unpaired) electrons. The van der Waals surface area contributed by atoms with Gasteiger partial charge in [0.05, 0.1) is 17.0 Å². The third kappa shape index (κ3) is 6.46. The fraction of sp³-hybridized carbons (Fsp3) is 0.538. The predicted octanol–water partition coefficient (Wildman–Crippen LogP) is 2.78. The summed E-state index contributed by atoms with van der Waals surface area (Å²) in [7, 11) is 0. The number of ether oxygens (including phenoxy) is 1. The first-order chi connectivity index (χ1) is 17.0. The van der Waals surface area contributed by atoms with Gasteiger partial charge in [-0.15, -0.1) is 11.3 Å². The summed E-state index contributed by atoms with van der Waals surface area (Å²) >= 11 is 1.50. The molecule has 0 aliphatic carbocycles. The molecule has 1 aromatic heterocycles. The van der Waals surface area contributed by atoms with Crippen molar-refractivity contribution in [1.29, 1.82) is 0 Å². The SMILES string of the molecule is C[C@@H]1NC(=O)C2(CCCCOCCNC1=O)CCN(C(=O)c1csc(Cc3ccccc3)n1)CC2. The molecule has 4 rings (SSSR count). The maximum atomic E-state index is 13.3. The van der Waals surface area contributed by atoms with Crippen LogP contribution >= 0.6 is 11.3 Å². The third-order valence-electron chi connectivity index (χ3n) is 6.94. The van der Waals surface area contributed by atoms with E-state index in [1.54, 1.807) is 11.8 Å². The topological polar surface area (TPSA) is 101 Å². The second-order valence-electron chi connectivity index (χ2n) is 9.42. The first kappa shape index (κ1) is 25.3. The van der Waals surface area contributed by atoms with Crippen molar-refractivity contribution in [1.82, 2.24) is 20.5 Å². The molecule has 2 saturated heterocycles. The zero-order valence-corrected chi connectivity index (χ0v) is 21.1. The molecule has 8 nitrogen and oxygen atoms in total. The summed E-state index contributed by atoms with van der Waals surface area (Å²) in [5.74, 6) is -0.383. The number of likely N-dealkylation sites (tertiary alicyclic amines) is 1. The summed E-state index contributed by atoms with van der Waals surface area (Å²) in [4.78, 5) is 45.2. The summed E-state index contributed by atoms with van der Waals surface area (Å²) in [6, 6.07) is 9.48. The molecule has 0 saturated carbocycles. The van der Waals surface area contributed by atoms with Crippen molar-refractivity contribution in [3.8, 4) is 0 Å². The van der Waals surface area contributed by atoms with E-state index in [9.17, 15) is 14.4 Å². The number of nitrogens with zero attached hydrogens (tertiary/aromatic N) is 2. The average molecular weight is 499 g/mol. The highest BCUT2D eigenvalue weighted by Crippen LogP contribution is 2.37. The van der Waals surface area contributed by atoms with Crippen LogP contribution in [0.4, 0.5) is 0 Å². The second kappa shape index (κ2) is 11.8. The number of nitrogens with one attached hydrogen (secondary N) is 2. The normalized spacial score (nSPS) is 21.9. The minimum atomic E-state index is -0.613. The van der Waals surface area contributed by atoms with E-state index < -0.39 is 11.5 Å². The van der Waals surface area contributed by atoms with Gasteiger partial charge in [-0.25, -0.2) is 4.98 Å². The van der Waals surface area contributed by atoms with Crippen molar-refractivity contribution in [2.75, 3.05) is 32.8 Å². The van der Waals surface area contributed by atoms with Crippen molar-refractivity contribution >= 4 is 29.1 Å². The minimum Gasteiger partial charge on any atom is -0.380 e. The van der Waals surface area contributed by atoms with E-state index in [1.807, 2.05) is 23.6 Å². The molecule has 1 atom stereocenters. The predicted molar refractivity (Wildman–Crippen MR) is 134 cm³/mol. The fourth-order valence-electron chi connectivity index (χ4n) is 4.74. The molecule has 0 unspecified atom stereocenters. The molecule has 0 bridgehead atoms. The summed E-state index contributed by atoms with van der Waals surface area (Å²) in [6.07, 6.45) is 4.30. The number of aromatic nitrogens is 1. The van der Waals surface area contributed by atoms with Crippen molar-refractivity contribution in [3.05, 3.63) is 52.0 Å². The Morgan fingerprint density at radius 3 is 2.69 bits per heavy atom. The molecule has 2 aliphatic heterocycles. The lowest BCUT2D eigenvalue weighted by atomic mass is 9.73. The molecule has 9 heteroatoms. The fourth-order valence-corrected chi connectivity index (χ4v) is 5.54. The molecule has 1 aromatic carbocycles. The van der Waals surface area contributed by atoms with E-state index in [2.05, 4.69) is 27.8 Å². The number of amides is 3. The van der Waals surface area contributed by atoms with Crippen LogP contribution in [-0.4, -0.2) is 66.5 Å². The van der Waals surface area contributed by atoms with Gasteiger partial charge in [0.2, 0.25) is 11.8 Å². The lowest BCUT2D eigenvalue weighted by molar-refractivity contribution is -0.137. The highest BCUT2D eigenvalue weighted by Gasteiger charge is 2.42. The van der Waals surface area contributed by atoms with Gasteiger partial charge in [-0.05, 0) is 38.2 Å². The number of carbonyl (C=O) groups is 3. The summed E-state index contributed by atoms with van der Waals surface area (Å²) in [5.41, 5.74) is 1.05. The van der Waals surface area contributed by atoms with E-state index >= 15 is 0 Å². The van der Waals surface area contributed by atoms with Crippen molar-refractivity contribution in [2.45, 2.75) is 51.5 Å². The highest BCUT2D eigenvalue weighted by atomic mass is 32.1. The molecule has 3 amide bonds. The van der Waals surface area contributed by atoms with Gasteiger partial charge in [0.25, 0.3) is 5.91 Å². The van der Waals surface area contributed by atoms with Gasteiger partial charge in [-0.3, -0.25) is 14.4 Å². The number of benzene rings is 1. The Morgan fingerprint density at radius 1 is 1.14 bits per heavy atom. The molecular weight excluding hydrogens is 464 g/mol. The average Bonchev–Trinajstić information content (AvgIpc) is 3.34. The molecular formula is C26H34N4O4S. The second-order valence-corrected chi connectivity index (χ2v) is 10.4. The van der Waals surface area contributed by atoms with Crippen LogP contribution in [0, 0.1) is 5.41 Å². The van der Waals surface area contributed by atoms with E-state index in [0.29, 0.717) is 57.8 Å². The van der Waals surface area contributed by atoms with Crippen LogP contribution in [0.3, 0.4) is 0 Å². The Kier molecular flexibility index (Phi) is 8.51. The Balaban J connectivity index is 1.39. The number of hydrogen-bond acceptors (Lipinski definition) is 6.